The van der Waals surface area contributed by atoms with Crippen molar-refractivity contribution in [1.82, 2.24) is 20.2 Å². The number of hydrogen-bond donors (Lipinski definition) is 2. The van der Waals surface area contributed by atoms with Gasteiger partial charge in [-0.2, -0.15) is 0 Å². The highest BCUT2D eigenvalue weighted by Gasteiger charge is 2.20. The molecule has 1 aromatic carbocycles. The number of hydrogen-bond acceptors (Lipinski definition) is 3. The first kappa shape index (κ1) is 11.7. The molecule has 96 valence electrons. The topological polar surface area (TPSA) is 44.0 Å². The molecule has 1 fully saturated rings. The largest absolute Gasteiger partial charge is 0.345 e. The van der Waals surface area contributed by atoms with Crippen LogP contribution < -0.4 is 5.32 Å². The molecular formula is C14H20N4. The lowest BCUT2D eigenvalue weighted by molar-refractivity contribution is 0.166. The summed E-state index contributed by atoms with van der Waals surface area (Å²) in [7, 11) is 0. The Morgan fingerprint density at radius 1 is 1.28 bits per heavy atom. The minimum atomic E-state index is 0.574. The highest BCUT2D eigenvalue weighted by Crippen LogP contribution is 2.15. The van der Waals surface area contributed by atoms with Gasteiger partial charge in [0.05, 0.1) is 17.4 Å². The van der Waals surface area contributed by atoms with Gasteiger partial charge in [0.1, 0.15) is 0 Å². The number of aromatic nitrogens is 2. The van der Waals surface area contributed by atoms with Crippen molar-refractivity contribution < 1.29 is 0 Å². The Bertz CT molecular complexity index is 523. The van der Waals surface area contributed by atoms with Crippen LogP contribution in [0.25, 0.3) is 11.0 Å². The minimum absolute atomic E-state index is 0.574. The summed E-state index contributed by atoms with van der Waals surface area (Å²) in [6, 6.07) is 7.63. The van der Waals surface area contributed by atoms with Gasteiger partial charge in [0, 0.05) is 31.7 Å². The van der Waals surface area contributed by atoms with Gasteiger partial charge in [-0.05, 0) is 31.5 Å². The van der Waals surface area contributed by atoms with Gasteiger partial charge in [-0.3, -0.25) is 4.90 Å². The number of nitrogens with zero attached hydrogens (tertiary/aromatic N) is 2. The molecule has 0 bridgehead atoms. The van der Waals surface area contributed by atoms with Crippen LogP contribution in [-0.2, 0) is 6.54 Å². The Balaban J connectivity index is 1.74. The lowest BCUT2D eigenvalue weighted by atomic mass is 10.1. The van der Waals surface area contributed by atoms with E-state index in [9.17, 15) is 0 Å². The first-order chi connectivity index (χ1) is 8.70. The monoisotopic (exact) mass is 244 g/mol. The lowest BCUT2D eigenvalue weighted by Crippen LogP contribution is -2.53. The predicted octanol–water partition coefficient (Wildman–Crippen LogP) is 1.75. The van der Waals surface area contributed by atoms with Crippen LogP contribution in [0.15, 0.2) is 24.5 Å². The Labute approximate surface area is 107 Å². The van der Waals surface area contributed by atoms with E-state index in [4.69, 9.17) is 0 Å². The Kier molecular flexibility index (Phi) is 3.06. The fourth-order valence-corrected chi connectivity index (χ4v) is 2.91. The fourth-order valence-electron chi connectivity index (χ4n) is 2.91. The SMILES string of the molecule is CC1CN(Cc2ccc3nc[nH]c3c2)CC(C)N1. The van der Waals surface area contributed by atoms with Gasteiger partial charge in [-0.15, -0.1) is 0 Å². The van der Waals surface area contributed by atoms with Crippen LogP contribution in [0, 0.1) is 0 Å². The molecular weight excluding hydrogens is 224 g/mol. The molecule has 2 N–H and O–H groups in total. The molecule has 18 heavy (non-hydrogen) atoms. The van der Waals surface area contributed by atoms with E-state index in [0.29, 0.717) is 12.1 Å². The summed E-state index contributed by atoms with van der Waals surface area (Å²) in [6.07, 6.45) is 1.75. The third-order valence-corrected chi connectivity index (χ3v) is 3.52. The molecule has 2 atom stereocenters. The van der Waals surface area contributed by atoms with Gasteiger partial charge in [-0.1, -0.05) is 6.07 Å². The third-order valence-electron chi connectivity index (χ3n) is 3.52. The molecule has 0 radical (unpaired) electrons. The first-order valence-electron chi connectivity index (χ1n) is 6.61. The molecule has 0 aliphatic carbocycles. The normalized spacial score (nSPS) is 25.7. The predicted molar refractivity (Wildman–Crippen MR) is 73.4 cm³/mol. The summed E-state index contributed by atoms with van der Waals surface area (Å²) in [5, 5.41) is 3.56. The molecule has 1 saturated heterocycles. The summed E-state index contributed by atoms with van der Waals surface area (Å²) in [5.74, 6) is 0. The zero-order chi connectivity index (χ0) is 12.5. The standard InChI is InChI=1S/C14H20N4/c1-10-6-18(7-11(2)17-10)8-12-3-4-13-14(5-12)16-9-15-13/h3-5,9-11,17H,6-8H2,1-2H3,(H,15,16). The first-order valence-corrected chi connectivity index (χ1v) is 6.61. The summed E-state index contributed by atoms with van der Waals surface area (Å²) < 4.78 is 0. The molecule has 1 aromatic heterocycles. The van der Waals surface area contributed by atoms with Crippen molar-refractivity contribution in [3.05, 3.63) is 30.1 Å². The number of nitrogens with one attached hydrogen (secondary N) is 2. The number of H-pyrrole nitrogens is 1. The maximum atomic E-state index is 4.25. The van der Waals surface area contributed by atoms with E-state index < -0.39 is 0 Å². The van der Waals surface area contributed by atoms with Crippen LogP contribution in [0.5, 0.6) is 0 Å². The molecule has 2 heterocycles. The molecule has 2 unspecified atom stereocenters. The average Bonchev–Trinajstić information content (AvgIpc) is 2.74. The average molecular weight is 244 g/mol. The lowest BCUT2D eigenvalue weighted by Gasteiger charge is -2.36. The van der Waals surface area contributed by atoms with Crippen LogP contribution in [0.2, 0.25) is 0 Å². The van der Waals surface area contributed by atoms with Gasteiger partial charge >= 0.3 is 0 Å². The smallest absolute Gasteiger partial charge is 0.0931 e. The van der Waals surface area contributed by atoms with Crippen LogP contribution in [0.4, 0.5) is 0 Å². The Hall–Kier alpha value is -1.39. The maximum absolute atomic E-state index is 4.25. The second-order valence-corrected chi connectivity index (χ2v) is 5.42. The summed E-state index contributed by atoms with van der Waals surface area (Å²) in [5.41, 5.74) is 3.53. The number of aromatic amines is 1. The molecule has 3 rings (SSSR count). The second-order valence-electron chi connectivity index (χ2n) is 5.42. The van der Waals surface area contributed by atoms with Gasteiger partial charge < -0.3 is 10.3 Å². The zero-order valence-corrected chi connectivity index (χ0v) is 11.0. The molecule has 0 amide bonds. The summed E-state index contributed by atoms with van der Waals surface area (Å²) >= 11 is 0. The van der Waals surface area contributed by atoms with E-state index in [2.05, 4.69) is 52.2 Å². The van der Waals surface area contributed by atoms with E-state index in [-0.39, 0.29) is 0 Å². The van der Waals surface area contributed by atoms with Crippen LogP contribution in [0.1, 0.15) is 19.4 Å². The molecule has 4 nitrogen and oxygen atoms in total. The van der Waals surface area contributed by atoms with Gasteiger partial charge in [0.2, 0.25) is 0 Å². The van der Waals surface area contributed by atoms with Crippen molar-refractivity contribution in [3.63, 3.8) is 0 Å². The van der Waals surface area contributed by atoms with Crippen molar-refractivity contribution in [3.8, 4) is 0 Å². The Morgan fingerprint density at radius 3 is 2.83 bits per heavy atom. The van der Waals surface area contributed by atoms with Crippen molar-refractivity contribution in [2.45, 2.75) is 32.5 Å². The molecule has 1 aliphatic rings. The molecule has 0 spiro atoms. The van der Waals surface area contributed by atoms with Crippen molar-refractivity contribution in [1.29, 1.82) is 0 Å². The number of piperazine rings is 1. The highest BCUT2D eigenvalue weighted by atomic mass is 15.2. The summed E-state index contributed by atoms with van der Waals surface area (Å²) in [4.78, 5) is 9.94. The number of rotatable bonds is 2. The van der Waals surface area contributed by atoms with E-state index in [1.54, 1.807) is 6.33 Å². The van der Waals surface area contributed by atoms with Crippen LogP contribution in [0.3, 0.4) is 0 Å². The van der Waals surface area contributed by atoms with Crippen molar-refractivity contribution in [2.75, 3.05) is 13.1 Å². The second kappa shape index (κ2) is 4.71. The number of benzene rings is 1. The molecule has 2 aromatic rings. The fraction of sp³-hybridized carbons (Fsp3) is 0.500. The summed E-state index contributed by atoms with van der Waals surface area (Å²) in [6.45, 7) is 7.75. The Morgan fingerprint density at radius 2 is 2.06 bits per heavy atom. The van der Waals surface area contributed by atoms with E-state index >= 15 is 0 Å². The maximum Gasteiger partial charge on any atom is 0.0931 e. The van der Waals surface area contributed by atoms with Crippen molar-refractivity contribution >= 4 is 11.0 Å². The highest BCUT2D eigenvalue weighted by molar-refractivity contribution is 5.74. The molecule has 0 saturated carbocycles. The van der Waals surface area contributed by atoms with Gasteiger partial charge in [0.15, 0.2) is 0 Å². The van der Waals surface area contributed by atoms with Crippen LogP contribution >= 0.6 is 0 Å². The van der Waals surface area contributed by atoms with Crippen molar-refractivity contribution in [2.24, 2.45) is 0 Å². The quantitative estimate of drug-likeness (QED) is 0.846. The zero-order valence-electron chi connectivity index (χ0n) is 11.0. The molecule has 1 aliphatic heterocycles. The van der Waals surface area contributed by atoms with Gasteiger partial charge in [0.25, 0.3) is 0 Å². The number of fused-ring (bicyclic) bond motifs is 1. The minimum Gasteiger partial charge on any atom is -0.345 e. The van der Waals surface area contributed by atoms with E-state index in [1.807, 2.05) is 0 Å². The number of imidazole rings is 1. The van der Waals surface area contributed by atoms with E-state index in [0.717, 1.165) is 30.7 Å². The molecule has 4 heteroatoms. The van der Waals surface area contributed by atoms with Gasteiger partial charge in [-0.25, -0.2) is 4.98 Å². The third kappa shape index (κ3) is 2.40. The van der Waals surface area contributed by atoms with E-state index in [1.165, 1.54) is 5.56 Å². The van der Waals surface area contributed by atoms with Crippen LogP contribution in [-0.4, -0.2) is 40.0 Å².